The number of nitrogens with one attached hydrogen (secondary N) is 1. The molecule has 1 N–H and O–H groups in total. The molecule has 1 aromatic carbocycles. The number of carbonyl (C=O) groups is 1. The van der Waals surface area contributed by atoms with E-state index in [0.717, 1.165) is 13.0 Å². The van der Waals surface area contributed by atoms with Crippen LogP contribution in [0.4, 0.5) is 0 Å². The Morgan fingerprint density at radius 2 is 1.81 bits per heavy atom. The molecule has 0 aliphatic heterocycles. The van der Waals surface area contributed by atoms with Gasteiger partial charge >= 0.3 is 0 Å². The minimum atomic E-state index is -0.179. The van der Waals surface area contributed by atoms with E-state index in [9.17, 15) is 4.79 Å². The second-order valence-corrected chi connectivity index (χ2v) is 7.78. The van der Waals surface area contributed by atoms with Crippen molar-refractivity contribution in [3.05, 3.63) is 53.2 Å². The number of carbonyl (C=O) groups excluding carboxylic acids is 1. The Bertz CT molecular complexity index is 721. The monoisotopic (exact) mass is 371 g/mol. The number of benzene rings is 1. The molecule has 0 aliphatic rings. The van der Waals surface area contributed by atoms with Crippen LogP contribution in [0.2, 0.25) is 0 Å². The second kappa shape index (κ2) is 9.70. The highest BCUT2D eigenvalue weighted by molar-refractivity contribution is 5.92. The van der Waals surface area contributed by atoms with Crippen LogP contribution in [0.25, 0.3) is 0 Å². The van der Waals surface area contributed by atoms with Gasteiger partial charge in [-0.3, -0.25) is 9.69 Å². The molecule has 1 heterocycles. The highest BCUT2D eigenvalue weighted by Gasteiger charge is 2.21. The number of rotatable bonds is 9. The average molecular weight is 372 g/mol. The molecule has 0 aliphatic carbocycles. The van der Waals surface area contributed by atoms with Gasteiger partial charge < -0.3 is 9.73 Å². The normalized spacial score (nSPS) is 13.8. The van der Waals surface area contributed by atoms with Crippen LogP contribution >= 0.6 is 0 Å². The van der Waals surface area contributed by atoms with Gasteiger partial charge in [0.1, 0.15) is 6.26 Å². The highest BCUT2D eigenvalue weighted by Crippen LogP contribution is 2.18. The van der Waals surface area contributed by atoms with Crippen molar-refractivity contribution in [3.63, 3.8) is 0 Å². The van der Waals surface area contributed by atoms with Gasteiger partial charge in [-0.1, -0.05) is 50.6 Å². The number of nitrogens with zero attached hydrogens (tertiary/aromatic N) is 2. The minimum Gasteiger partial charge on any atom is -0.447 e. The smallest absolute Gasteiger partial charge is 0.273 e. The molecule has 0 fully saturated rings. The molecule has 0 saturated heterocycles. The first-order valence-electron chi connectivity index (χ1n) is 9.85. The molecule has 0 bridgehead atoms. The lowest BCUT2D eigenvalue weighted by molar-refractivity contribution is 0.0934. The Hall–Kier alpha value is -2.14. The zero-order chi connectivity index (χ0) is 20.0. The first-order chi connectivity index (χ1) is 12.8. The number of aromatic nitrogens is 1. The molecule has 0 saturated carbocycles. The highest BCUT2D eigenvalue weighted by atomic mass is 16.3. The van der Waals surface area contributed by atoms with E-state index >= 15 is 0 Å². The maximum absolute atomic E-state index is 12.2. The van der Waals surface area contributed by atoms with Crippen molar-refractivity contribution in [3.8, 4) is 0 Å². The Kier molecular flexibility index (Phi) is 7.60. The molecule has 0 spiro atoms. The molecule has 0 unspecified atom stereocenters. The van der Waals surface area contributed by atoms with Crippen LogP contribution in [0.3, 0.4) is 0 Å². The van der Waals surface area contributed by atoms with Gasteiger partial charge in [0, 0.05) is 18.6 Å². The Morgan fingerprint density at radius 1 is 1.15 bits per heavy atom. The minimum absolute atomic E-state index is 0.122. The van der Waals surface area contributed by atoms with Crippen LogP contribution in [-0.2, 0) is 13.1 Å². The Labute approximate surface area is 163 Å². The third-order valence-electron chi connectivity index (χ3n) is 5.16. The predicted octanol–water partition coefficient (Wildman–Crippen LogP) is 4.56. The molecule has 2 atom stereocenters. The molecule has 2 rings (SSSR count). The summed E-state index contributed by atoms with van der Waals surface area (Å²) in [7, 11) is 0. The van der Waals surface area contributed by atoms with Crippen molar-refractivity contribution in [2.24, 2.45) is 5.92 Å². The lowest BCUT2D eigenvalue weighted by Gasteiger charge is -2.30. The number of oxazole rings is 1. The summed E-state index contributed by atoms with van der Waals surface area (Å²) in [5.74, 6) is 0.892. The fraction of sp³-hybridized carbons (Fsp3) is 0.545. The SMILES string of the molecule is CC[C@@H](C)NC(=O)c1coc(CN(Cc2ccc(C)cc2)[C@@H](C)C(C)C)n1. The summed E-state index contributed by atoms with van der Waals surface area (Å²) in [6.45, 7) is 14.2. The standard InChI is InChI=1S/C22H33N3O2/c1-7-17(5)23-22(26)20-14-27-21(24-20)13-25(18(6)15(2)3)12-19-10-8-16(4)9-11-19/h8-11,14-15,17-18H,7,12-13H2,1-6H3,(H,23,26)/t17-,18+/m1/s1. The zero-order valence-corrected chi connectivity index (χ0v) is 17.5. The van der Waals surface area contributed by atoms with E-state index in [1.54, 1.807) is 0 Å². The number of hydrogen-bond acceptors (Lipinski definition) is 4. The molecule has 2 aromatic rings. The van der Waals surface area contributed by atoms with Gasteiger partial charge in [-0.15, -0.1) is 0 Å². The fourth-order valence-corrected chi connectivity index (χ4v) is 2.75. The summed E-state index contributed by atoms with van der Waals surface area (Å²) in [5, 5.41) is 2.92. The zero-order valence-electron chi connectivity index (χ0n) is 17.5. The van der Waals surface area contributed by atoms with Crippen molar-refractivity contribution in [2.45, 2.75) is 73.1 Å². The summed E-state index contributed by atoms with van der Waals surface area (Å²) in [4.78, 5) is 19.0. The van der Waals surface area contributed by atoms with Crippen molar-refractivity contribution in [2.75, 3.05) is 0 Å². The van der Waals surface area contributed by atoms with Crippen molar-refractivity contribution in [1.82, 2.24) is 15.2 Å². The van der Waals surface area contributed by atoms with Crippen LogP contribution in [0, 0.1) is 12.8 Å². The lowest BCUT2D eigenvalue weighted by atomic mass is 10.0. The first-order valence-corrected chi connectivity index (χ1v) is 9.85. The molecule has 27 heavy (non-hydrogen) atoms. The van der Waals surface area contributed by atoms with E-state index in [1.165, 1.54) is 17.4 Å². The fourth-order valence-electron chi connectivity index (χ4n) is 2.75. The predicted molar refractivity (Wildman–Crippen MR) is 108 cm³/mol. The second-order valence-electron chi connectivity index (χ2n) is 7.78. The summed E-state index contributed by atoms with van der Waals surface area (Å²) in [6.07, 6.45) is 2.34. The van der Waals surface area contributed by atoms with Gasteiger partial charge in [-0.25, -0.2) is 4.98 Å². The Morgan fingerprint density at radius 3 is 2.41 bits per heavy atom. The summed E-state index contributed by atoms with van der Waals surface area (Å²) in [5.41, 5.74) is 2.86. The van der Waals surface area contributed by atoms with Gasteiger partial charge in [-0.2, -0.15) is 0 Å². The first kappa shape index (κ1) is 21.2. The average Bonchev–Trinajstić information content (AvgIpc) is 3.10. The van der Waals surface area contributed by atoms with Crippen LogP contribution in [0.5, 0.6) is 0 Å². The van der Waals surface area contributed by atoms with Crippen molar-refractivity contribution < 1.29 is 9.21 Å². The maximum atomic E-state index is 12.2. The number of hydrogen-bond donors (Lipinski definition) is 1. The lowest BCUT2D eigenvalue weighted by Crippen LogP contribution is -2.36. The van der Waals surface area contributed by atoms with Gasteiger partial charge in [0.15, 0.2) is 5.69 Å². The third kappa shape index (κ3) is 6.21. The Balaban J connectivity index is 2.11. The van der Waals surface area contributed by atoms with Gasteiger partial charge in [0.25, 0.3) is 5.91 Å². The summed E-state index contributed by atoms with van der Waals surface area (Å²) >= 11 is 0. The van der Waals surface area contributed by atoms with E-state index in [0.29, 0.717) is 30.1 Å². The van der Waals surface area contributed by atoms with Crippen molar-refractivity contribution >= 4 is 5.91 Å². The molecular formula is C22H33N3O2. The quantitative estimate of drug-likeness (QED) is 0.702. The van der Waals surface area contributed by atoms with E-state index in [1.807, 2.05) is 13.8 Å². The third-order valence-corrected chi connectivity index (χ3v) is 5.16. The van der Waals surface area contributed by atoms with E-state index in [-0.39, 0.29) is 11.9 Å². The molecule has 1 amide bonds. The van der Waals surface area contributed by atoms with E-state index in [4.69, 9.17) is 4.42 Å². The van der Waals surface area contributed by atoms with Crippen LogP contribution in [0.1, 0.15) is 68.5 Å². The molecule has 1 aromatic heterocycles. The summed E-state index contributed by atoms with van der Waals surface area (Å²) < 4.78 is 5.60. The molecule has 148 valence electrons. The molecular weight excluding hydrogens is 338 g/mol. The van der Waals surface area contributed by atoms with Crippen LogP contribution in [-0.4, -0.2) is 27.9 Å². The summed E-state index contributed by atoms with van der Waals surface area (Å²) in [6, 6.07) is 9.07. The van der Waals surface area contributed by atoms with Crippen LogP contribution < -0.4 is 5.32 Å². The number of amides is 1. The van der Waals surface area contributed by atoms with Gasteiger partial charge in [-0.05, 0) is 38.7 Å². The van der Waals surface area contributed by atoms with Gasteiger partial charge in [0.2, 0.25) is 5.89 Å². The number of aryl methyl sites for hydroxylation is 1. The molecule has 0 radical (unpaired) electrons. The topological polar surface area (TPSA) is 58.4 Å². The largest absolute Gasteiger partial charge is 0.447 e. The molecule has 5 nitrogen and oxygen atoms in total. The van der Waals surface area contributed by atoms with E-state index in [2.05, 4.69) is 67.2 Å². The van der Waals surface area contributed by atoms with Crippen LogP contribution in [0.15, 0.2) is 34.9 Å². The molecule has 5 heteroatoms. The maximum Gasteiger partial charge on any atom is 0.273 e. The van der Waals surface area contributed by atoms with Gasteiger partial charge in [0.05, 0.1) is 6.54 Å². The van der Waals surface area contributed by atoms with E-state index < -0.39 is 0 Å². The van der Waals surface area contributed by atoms with Crippen molar-refractivity contribution in [1.29, 1.82) is 0 Å².